The SMILES string of the molecule is CC1CC1CNC1C2CCC1Cc1ccccc1C2. The van der Waals surface area contributed by atoms with E-state index in [9.17, 15) is 0 Å². The maximum Gasteiger partial charge on any atom is 0.0130 e. The monoisotopic (exact) mass is 255 g/mol. The van der Waals surface area contributed by atoms with Crippen molar-refractivity contribution in [3.63, 3.8) is 0 Å². The van der Waals surface area contributed by atoms with E-state index in [-0.39, 0.29) is 0 Å². The molecule has 1 N–H and O–H groups in total. The second kappa shape index (κ2) is 4.63. The van der Waals surface area contributed by atoms with Crippen LogP contribution in [0.4, 0.5) is 0 Å². The van der Waals surface area contributed by atoms with Crippen LogP contribution in [0.25, 0.3) is 0 Å². The second-order valence-corrected chi connectivity index (χ2v) is 7.18. The van der Waals surface area contributed by atoms with E-state index in [1.165, 1.54) is 38.6 Å². The first kappa shape index (κ1) is 12.0. The lowest BCUT2D eigenvalue weighted by Crippen LogP contribution is -2.39. The Morgan fingerprint density at radius 2 is 1.63 bits per heavy atom. The third-order valence-corrected chi connectivity index (χ3v) is 5.90. The first-order valence-electron chi connectivity index (χ1n) is 8.11. The number of hydrogen-bond donors (Lipinski definition) is 1. The second-order valence-electron chi connectivity index (χ2n) is 7.18. The van der Waals surface area contributed by atoms with Gasteiger partial charge >= 0.3 is 0 Å². The van der Waals surface area contributed by atoms with Gasteiger partial charge in [-0.05, 0) is 73.4 Å². The molecule has 3 aliphatic carbocycles. The molecule has 19 heavy (non-hydrogen) atoms. The van der Waals surface area contributed by atoms with Gasteiger partial charge in [-0.3, -0.25) is 0 Å². The summed E-state index contributed by atoms with van der Waals surface area (Å²) in [4.78, 5) is 0. The highest BCUT2D eigenvalue weighted by molar-refractivity contribution is 5.30. The van der Waals surface area contributed by atoms with E-state index in [1.807, 2.05) is 0 Å². The van der Waals surface area contributed by atoms with E-state index in [4.69, 9.17) is 0 Å². The molecule has 2 bridgehead atoms. The third kappa shape index (κ3) is 2.23. The predicted molar refractivity (Wildman–Crippen MR) is 79.1 cm³/mol. The maximum absolute atomic E-state index is 3.95. The topological polar surface area (TPSA) is 12.0 Å². The van der Waals surface area contributed by atoms with Gasteiger partial charge in [0.15, 0.2) is 0 Å². The van der Waals surface area contributed by atoms with Crippen LogP contribution >= 0.6 is 0 Å². The Morgan fingerprint density at radius 3 is 2.16 bits per heavy atom. The Balaban J connectivity index is 1.49. The average molecular weight is 255 g/mol. The summed E-state index contributed by atoms with van der Waals surface area (Å²) >= 11 is 0. The minimum absolute atomic E-state index is 0.792. The number of rotatable bonds is 3. The lowest BCUT2D eigenvalue weighted by Gasteiger charge is -2.24. The van der Waals surface area contributed by atoms with Gasteiger partial charge in [-0.1, -0.05) is 31.2 Å². The highest BCUT2D eigenvalue weighted by atomic mass is 14.9. The molecular weight excluding hydrogens is 230 g/mol. The normalized spacial score (nSPS) is 39.7. The van der Waals surface area contributed by atoms with E-state index >= 15 is 0 Å². The molecule has 0 spiro atoms. The van der Waals surface area contributed by atoms with E-state index in [1.54, 1.807) is 11.1 Å². The molecule has 1 nitrogen and oxygen atoms in total. The van der Waals surface area contributed by atoms with Crippen molar-refractivity contribution in [2.24, 2.45) is 23.7 Å². The predicted octanol–water partition coefficient (Wildman–Crippen LogP) is 3.43. The van der Waals surface area contributed by atoms with E-state index in [2.05, 4.69) is 36.5 Å². The van der Waals surface area contributed by atoms with E-state index in [0.29, 0.717) is 0 Å². The highest BCUT2D eigenvalue weighted by Gasteiger charge is 2.40. The summed E-state index contributed by atoms with van der Waals surface area (Å²) in [6, 6.07) is 9.94. The molecule has 4 rings (SSSR count). The maximum atomic E-state index is 3.95. The molecule has 0 heterocycles. The van der Waals surface area contributed by atoms with Gasteiger partial charge in [0.25, 0.3) is 0 Å². The van der Waals surface area contributed by atoms with Crippen molar-refractivity contribution in [1.29, 1.82) is 0 Å². The molecule has 0 aliphatic heterocycles. The van der Waals surface area contributed by atoms with Crippen LogP contribution in [0.3, 0.4) is 0 Å². The number of hydrogen-bond acceptors (Lipinski definition) is 1. The van der Waals surface area contributed by atoms with Gasteiger partial charge in [0.2, 0.25) is 0 Å². The van der Waals surface area contributed by atoms with E-state index < -0.39 is 0 Å². The fourth-order valence-electron chi connectivity index (χ4n) is 4.46. The molecule has 1 heteroatoms. The van der Waals surface area contributed by atoms with Crippen LogP contribution in [-0.4, -0.2) is 12.6 Å². The van der Waals surface area contributed by atoms with Crippen LogP contribution in [0.1, 0.15) is 37.3 Å². The molecule has 2 saturated carbocycles. The van der Waals surface area contributed by atoms with Gasteiger partial charge in [-0.15, -0.1) is 0 Å². The van der Waals surface area contributed by atoms with Crippen molar-refractivity contribution >= 4 is 0 Å². The van der Waals surface area contributed by atoms with Crippen LogP contribution in [0, 0.1) is 23.7 Å². The summed E-state index contributed by atoms with van der Waals surface area (Å²) in [5, 5.41) is 3.95. The van der Waals surface area contributed by atoms with Gasteiger partial charge in [0.1, 0.15) is 0 Å². The summed E-state index contributed by atoms with van der Waals surface area (Å²) in [5.41, 5.74) is 3.25. The molecule has 0 radical (unpaired) electrons. The molecule has 4 unspecified atom stereocenters. The Bertz CT molecular complexity index is 434. The van der Waals surface area contributed by atoms with Crippen molar-refractivity contribution in [2.75, 3.05) is 6.54 Å². The Labute approximate surface area is 116 Å². The third-order valence-electron chi connectivity index (χ3n) is 5.90. The van der Waals surface area contributed by atoms with E-state index in [0.717, 1.165) is 29.7 Å². The lowest BCUT2D eigenvalue weighted by atomic mass is 9.94. The summed E-state index contributed by atoms with van der Waals surface area (Å²) in [7, 11) is 0. The zero-order valence-corrected chi connectivity index (χ0v) is 11.9. The fourth-order valence-corrected chi connectivity index (χ4v) is 4.46. The van der Waals surface area contributed by atoms with Crippen molar-refractivity contribution in [1.82, 2.24) is 5.32 Å². The van der Waals surface area contributed by atoms with Gasteiger partial charge < -0.3 is 5.32 Å². The summed E-state index contributed by atoms with van der Waals surface area (Å²) in [6.07, 6.45) is 6.96. The first-order valence-corrected chi connectivity index (χ1v) is 8.11. The van der Waals surface area contributed by atoms with Crippen LogP contribution in [0.15, 0.2) is 24.3 Å². The summed E-state index contributed by atoms with van der Waals surface area (Å²) in [5.74, 6) is 3.74. The Morgan fingerprint density at radius 1 is 1.05 bits per heavy atom. The number of fused-ring (bicyclic) bond motifs is 3. The Hall–Kier alpha value is -0.820. The summed E-state index contributed by atoms with van der Waals surface area (Å²) in [6.45, 7) is 3.67. The molecule has 0 amide bonds. The minimum Gasteiger partial charge on any atom is -0.313 e. The van der Waals surface area contributed by atoms with Crippen molar-refractivity contribution in [3.8, 4) is 0 Å². The van der Waals surface area contributed by atoms with Crippen LogP contribution in [0.5, 0.6) is 0 Å². The first-order chi connectivity index (χ1) is 9.31. The van der Waals surface area contributed by atoms with Gasteiger partial charge in [-0.25, -0.2) is 0 Å². The molecule has 1 aromatic carbocycles. The van der Waals surface area contributed by atoms with Crippen LogP contribution < -0.4 is 5.32 Å². The molecule has 3 aliphatic rings. The summed E-state index contributed by atoms with van der Waals surface area (Å²) < 4.78 is 0. The standard InChI is InChI=1S/C18H25N/c1-12-8-17(12)11-19-18-15-6-7-16(18)10-14-5-3-2-4-13(14)9-15/h2-5,12,15-19H,6-11H2,1H3. The van der Waals surface area contributed by atoms with Gasteiger partial charge in [0, 0.05) is 6.04 Å². The molecular formula is C18H25N. The van der Waals surface area contributed by atoms with Crippen molar-refractivity contribution in [2.45, 2.75) is 45.1 Å². The average Bonchev–Trinajstić information content (AvgIpc) is 3.01. The molecule has 0 saturated heterocycles. The zero-order chi connectivity index (χ0) is 12.8. The van der Waals surface area contributed by atoms with Gasteiger partial charge in [0.05, 0.1) is 0 Å². The van der Waals surface area contributed by atoms with Crippen molar-refractivity contribution < 1.29 is 0 Å². The minimum atomic E-state index is 0.792. The number of benzene rings is 1. The van der Waals surface area contributed by atoms with Crippen LogP contribution in [-0.2, 0) is 12.8 Å². The molecule has 1 aromatic rings. The van der Waals surface area contributed by atoms with Gasteiger partial charge in [-0.2, -0.15) is 0 Å². The zero-order valence-electron chi connectivity index (χ0n) is 11.9. The highest BCUT2D eigenvalue weighted by Crippen LogP contribution is 2.41. The van der Waals surface area contributed by atoms with Crippen LogP contribution in [0.2, 0.25) is 0 Å². The fraction of sp³-hybridized carbons (Fsp3) is 0.667. The smallest absolute Gasteiger partial charge is 0.0130 e. The quantitative estimate of drug-likeness (QED) is 0.872. The molecule has 0 aromatic heterocycles. The largest absolute Gasteiger partial charge is 0.313 e. The molecule has 2 fully saturated rings. The lowest BCUT2D eigenvalue weighted by molar-refractivity contribution is 0.336. The molecule has 4 atom stereocenters. The van der Waals surface area contributed by atoms with Crippen molar-refractivity contribution in [3.05, 3.63) is 35.4 Å². The number of nitrogens with one attached hydrogen (secondary N) is 1. The Kier molecular flexibility index (Phi) is 2.91. The molecule has 102 valence electrons.